The van der Waals surface area contributed by atoms with E-state index in [4.69, 9.17) is 0 Å². The molecule has 1 N–H and O–H groups in total. The van der Waals surface area contributed by atoms with Gasteiger partial charge in [-0.25, -0.2) is 8.42 Å². The maximum absolute atomic E-state index is 13.2. The van der Waals surface area contributed by atoms with Gasteiger partial charge < -0.3 is 5.32 Å². The molecule has 0 spiro atoms. The van der Waals surface area contributed by atoms with E-state index in [1.165, 1.54) is 22.1 Å². The van der Waals surface area contributed by atoms with Crippen LogP contribution in [0.25, 0.3) is 0 Å². The lowest BCUT2D eigenvalue weighted by molar-refractivity contribution is 0.0915. The van der Waals surface area contributed by atoms with Crippen LogP contribution < -0.4 is 9.62 Å². The Morgan fingerprint density at radius 3 is 2.50 bits per heavy atom. The second-order valence-corrected chi connectivity index (χ2v) is 10.2. The molecule has 3 rings (SSSR count). The standard InChI is InChI=1S/C21H28N2O3S2/c1-4-23(28(25,26)17-11-9-15(2)10-12-17)19-13-14-27-20(19)21(24)22-18-8-6-5-7-16(18)3/h9-14,16,18H,4-8H2,1-3H3,(H,22,24)/t16-,18+/m1/s1. The smallest absolute Gasteiger partial charge is 0.264 e. The van der Waals surface area contributed by atoms with Gasteiger partial charge in [0.15, 0.2) is 0 Å². The first-order valence-corrected chi connectivity index (χ1v) is 12.1. The number of carbonyl (C=O) groups is 1. The van der Waals surface area contributed by atoms with E-state index in [0.29, 0.717) is 16.5 Å². The lowest BCUT2D eigenvalue weighted by Gasteiger charge is -2.30. The molecular weight excluding hydrogens is 392 g/mol. The summed E-state index contributed by atoms with van der Waals surface area (Å²) in [5.41, 5.74) is 1.45. The van der Waals surface area contributed by atoms with Crippen LogP contribution in [0.3, 0.4) is 0 Å². The van der Waals surface area contributed by atoms with E-state index in [-0.39, 0.29) is 23.4 Å². The number of thiophene rings is 1. The van der Waals surface area contributed by atoms with Crippen LogP contribution in [0.1, 0.15) is 54.8 Å². The van der Waals surface area contributed by atoms with Crippen molar-refractivity contribution in [3.8, 4) is 0 Å². The van der Waals surface area contributed by atoms with Crippen LogP contribution in [0.15, 0.2) is 40.6 Å². The molecule has 2 aromatic rings. The Morgan fingerprint density at radius 2 is 1.86 bits per heavy atom. The Hall–Kier alpha value is -1.86. The first kappa shape index (κ1) is 20.9. The molecule has 28 heavy (non-hydrogen) atoms. The van der Waals surface area contributed by atoms with Crippen molar-refractivity contribution in [2.24, 2.45) is 5.92 Å². The summed E-state index contributed by atoms with van der Waals surface area (Å²) in [6.45, 7) is 6.13. The van der Waals surface area contributed by atoms with Crippen molar-refractivity contribution in [2.45, 2.75) is 57.4 Å². The van der Waals surface area contributed by atoms with Crippen LogP contribution in [-0.4, -0.2) is 26.9 Å². The monoisotopic (exact) mass is 420 g/mol. The highest BCUT2D eigenvalue weighted by molar-refractivity contribution is 7.92. The maximum Gasteiger partial charge on any atom is 0.264 e. The molecule has 1 aliphatic rings. The molecular formula is C21H28N2O3S2. The number of hydrogen-bond donors (Lipinski definition) is 1. The predicted molar refractivity (Wildman–Crippen MR) is 115 cm³/mol. The lowest BCUT2D eigenvalue weighted by atomic mass is 9.86. The molecule has 1 heterocycles. The van der Waals surface area contributed by atoms with E-state index < -0.39 is 10.0 Å². The minimum Gasteiger partial charge on any atom is -0.348 e. The molecule has 0 bridgehead atoms. The summed E-state index contributed by atoms with van der Waals surface area (Å²) in [7, 11) is -3.73. The first-order chi connectivity index (χ1) is 13.3. The number of carbonyl (C=O) groups excluding carboxylic acids is 1. The summed E-state index contributed by atoms with van der Waals surface area (Å²) in [6, 6.07) is 8.67. The van der Waals surface area contributed by atoms with Gasteiger partial charge in [-0.1, -0.05) is 37.5 Å². The molecule has 152 valence electrons. The third-order valence-electron chi connectivity index (χ3n) is 5.44. The van der Waals surface area contributed by atoms with Crippen LogP contribution in [-0.2, 0) is 10.0 Å². The molecule has 0 unspecified atom stereocenters. The van der Waals surface area contributed by atoms with Gasteiger partial charge in [0, 0.05) is 12.6 Å². The highest BCUT2D eigenvalue weighted by Crippen LogP contribution is 2.32. The van der Waals surface area contributed by atoms with Crippen molar-refractivity contribution in [3.05, 3.63) is 46.2 Å². The molecule has 0 saturated heterocycles. The number of benzene rings is 1. The molecule has 2 atom stereocenters. The number of rotatable bonds is 6. The largest absolute Gasteiger partial charge is 0.348 e. The maximum atomic E-state index is 13.2. The van der Waals surface area contributed by atoms with Crippen LogP contribution >= 0.6 is 11.3 Å². The summed E-state index contributed by atoms with van der Waals surface area (Å²) in [5, 5.41) is 4.92. The normalized spacial score (nSPS) is 20.0. The Bertz CT molecular complexity index is 919. The fourth-order valence-corrected chi connectivity index (χ4v) is 6.08. The molecule has 1 amide bonds. The zero-order valence-electron chi connectivity index (χ0n) is 16.6. The number of nitrogens with one attached hydrogen (secondary N) is 1. The van der Waals surface area contributed by atoms with Gasteiger partial charge in [0.2, 0.25) is 0 Å². The summed E-state index contributed by atoms with van der Waals surface area (Å²) in [6.07, 6.45) is 4.42. The predicted octanol–water partition coefficient (Wildman–Crippen LogP) is 4.58. The number of sulfonamides is 1. The van der Waals surface area contributed by atoms with Gasteiger partial charge in [-0.05, 0) is 56.2 Å². The van der Waals surface area contributed by atoms with E-state index in [0.717, 1.165) is 24.8 Å². The summed E-state index contributed by atoms with van der Waals surface area (Å²) in [4.78, 5) is 13.6. The highest BCUT2D eigenvalue weighted by atomic mass is 32.2. The Kier molecular flexibility index (Phi) is 6.45. The van der Waals surface area contributed by atoms with Gasteiger partial charge in [-0.3, -0.25) is 9.10 Å². The van der Waals surface area contributed by atoms with Gasteiger partial charge in [-0.2, -0.15) is 0 Å². The molecule has 1 fully saturated rings. The van der Waals surface area contributed by atoms with Gasteiger partial charge >= 0.3 is 0 Å². The molecule has 1 saturated carbocycles. The molecule has 1 aliphatic carbocycles. The summed E-state index contributed by atoms with van der Waals surface area (Å²) < 4.78 is 27.7. The fourth-order valence-electron chi connectivity index (χ4n) is 3.74. The molecule has 5 nitrogen and oxygen atoms in total. The van der Waals surface area contributed by atoms with Gasteiger partial charge in [-0.15, -0.1) is 11.3 Å². The molecule has 1 aromatic heterocycles. The fraction of sp³-hybridized carbons (Fsp3) is 0.476. The molecule has 1 aromatic carbocycles. The van der Waals surface area contributed by atoms with E-state index in [9.17, 15) is 13.2 Å². The van der Waals surface area contributed by atoms with Crippen LogP contribution in [0, 0.1) is 12.8 Å². The average Bonchev–Trinajstić information content (AvgIpc) is 3.14. The van der Waals surface area contributed by atoms with Crippen LogP contribution in [0.2, 0.25) is 0 Å². The van der Waals surface area contributed by atoms with Crippen LogP contribution in [0.5, 0.6) is 0 Å². The SMILES string of the molecule is CCN(c1ccsc1C(=O)N[C@H]1CCCC[C@H]1C)S(=O)(=O)c1ccc(C)cc1. The third-order valence-corrected chi connectivity index (χ3v) is 8.25. The van der Waals surface area contributed by atoms with Gasteiger partial charge in [0.25, 0.3) is 15.9 Å². The summed E-state index contributed by atoms with van der Waals surface area (Å²) in [5.74, 6) is 0.265. The topological polar surface area (TPSA) is 66.5 Å². The van der Waals surface area contributed by atoms with Crippen molar-refractivity contribution < 1.29 is 13.2 Å². The van der Waals surface area contributed by atoms with E-state index in [2.05, 4.69) is 12.2 Å². The zero-order chi connectivity index (χ0) is 20.3. The molecule has 7 heteroatoms. The summed E-state index contributed by atoms with van der Waals surface area (Å²) >= 11 is 1.29. The average molecular weight is 421 g/mol. The van der Waals surface area contributed by atoms with Gasteiger partial charge in [0.1, 0.15) is 4.88 Å². The van der Waals surface area contributed by atoms with Crippen molar-refractivity contribution >= 4 is 33.0 Å². The van der Waals surface area contributed by atoms with E-state index >= 15 is 0 Å². The number of anilines is 1. The Balaban J connectivity index is 1.87. The Labute approximate surface area is 171 Å². The second-order valence-electron chi connectivity index (χ2n) is 7.46. The number of hydrogen-bond acceptors (Lipinski definition) is 4. The Morgan fingerprint density at radius 1 is 1.18 bits per heavy atom. The van der Waals surface area contributed by atoms with E-state index in [1.807, 2.05) is 6.92 Å². The molecule has 0 radical (unpaired) electrons. The quantitative estimate of drug-likeness (QED) is 0.744. The van der Waals surface area contributed by atoms with Crippen molar-refractivity contribution in [1.29, 1.82) is 0 Å². The van der Waals surface area contributed by atoms with Crippen molar-refractivity contribution in [1.82, 2.24) is 5.32 Å². The minimum absolute atomic E-state index is 0.153. The van der Waals surface area contributed by atoms with Crippen molar-refractivity contribution in [3.63, 3.8) is 0 Å². The lowest BCUT2D eigenvalue weighted by Crippen LogP contribution is -2.41. The number of amides is 1. The number of aryl methyl sites for hydroxylation is 1. The zero-order valence-corrected chi connectivity index (χ0v) is 18.3. The van der Waals surface area contributed by atoms with Crippen molar-refractivity contribution in [2.75, 3.05) is 10.8 Å². The number of nitrogens with zero attached hydrogens (tertiary/aromatic N) is 1. The minimum atomic E-state index is -3.73. The highest BCUT2D eigenvalue weighted by Gasteiger charge is 2.30. The van der Waals surface area contributed by atoms with Crippen LogP contribution in [0.4, 0.5) is 5.69 Å². The second kappa shape index (κ2) is 8.66. The van der Waals surface area contributed by atoms with Gasteiger partial charge in [0.05, 0.1) is 10.6 Å². The first-order valence-electron chi connectivity index (χ1n) is 9.82. The third kappa shape index (κ3) is 4.25. The van der Waals surface area contributed by atoms with E-state index in [1.54, 1.807) is 42.6 Å². The molecule has 0 aliphatic heterocycles.